The molecule has 0 radical (unpaired) electrons. The van der Waals surface area contributed by atoms with Gasteiger partial charge in [0.1, 0.15) is 11.8 Å². The maximum Gasteiger partial charge on any atom is 0.323 e. The number of aryl methyl sites for hydroxylation is 1. The van der Waals surface area contributed by atoms with Crippen molar-refractivity contribution in [3.63, 3.8) is 0 Å². The first kappa shape index (κ1) is 30.8. The van der Waals surface area contributed by atoms with Crippen LogP contribution in [0.25, 0.3) is 0 Å². The van der Waals surface area contributed by atoms with E-state index in [2.05, 4.69) is 10.6 Å². The lowest BCUT2D eigenvalue weighted by Crippen LogP contribution is -2.55. The number of benzene rings is 3. The highest BCUT2D eigenvalue weighted by molar-refractivity contribution is 7.10. The Bertz CT molecular complexity index is 1670. The average molecular weight is 643 g/mol. The fourth-order valence-electron chi connectivity index (χ4n) is 6.55. The molecule has 10 heteroatoms. The molecule has 4 aromatic rings. The van der Waals surface area contributed by atoms with Gasteiger partial charge in [-0.3, -0.25) is 9.59 Å². The van der Waals surface area contributed by atoms with Crippen LogP contribution in [0.15, 0.2) is 90.3 Å². The molecule has 0 aliphatic carbocycles. The summed E-state index contributed by atoms with van der Waals surface area (Å²) in [5, 5.41) is 8.73. The molecule has 0 bridgehead atoms. The number of anilines is 1. The van der Waals surface area contributed by atoms with Crippen molar-refractivity contribution in [2.45, 2.75) is 24.9 Å². The largest absolute Gasteiger partial charge is 0.497 e. The summed E-state index contributed by atoms with van der Waals surface area (Å²) in [5.74, 6) is -1.03. The van der Waals surface area contributed by atoms with Crippen LogP contribution in [0.4, 0.5) is 10.5 Å². The summed E-state index contributed by atoms with van der Waals surface area (Å²) >= 11 is 7.87. The minimum absolute atomic E-state index is 0.166. The van der Waals surface area contributed by atoms with Gasteiger partial charge in [0.05, 0.1) is 19.1 Å². The number of carbonyl (C=O) groups excluding carboxylic acids is 3. The van der Waals surface area contributed by atoms with Crippen molar-refractivity contribution in [2.75, 3.05) is 38.6 Å². The molecule has 4 unspecified atom stereocenters. The smallest absolute Gasteiger partial charge is 0.323 e. The van der Waals surface area contributed by atoms with Gasteiger partial charge >= 0.3 is 6.03 Å². The Kier molecular flexibility index (Phi) is 9.21. The van der Waals surface area contributed by atoms with Gasteiger partial charge in [0.2, 0.25) is 5.91 Å². The monoisotopic (exact) mass is 642 g/mol. The summed E-state index contributed by atoms with van der Waals surface area (Å²) in [4.78, 5) is 48.3. The van der Waals surface area contributed by atoms with Gasteiger partial charge in [-0.1, -0.05) is 59.6 Å². The standard InChI is InChI=1S/C35H35ClN4O4S/c1-22-6-3-7-23(20-22)31-30(33(41)24-8-4-9-25(36)21-24)29(28-10-5-19-45-28)32(34(42)39-17-15-37-16-18-39)40(31)35(43)38-26-11-13-27(44-2)14-12-26/h3-14,19-21,29-32,37H,15-18H2,1-2H3,(H,38,43). The second-order valence-corrected chi connectivity index (χ2v) is 12.8. The van der Waals surface area contributed by atoms with Gasteiger partial charge in [-0.05, 0) is 60.3 Å². The summed E-state index contributed by atoms with van der Waals surface area (Å²) < 4.78 is 5.30. The number of ether oxygens (including phenoxy) is 1. The third-order valence-corrected chi connectivity index (χ3v) is 9.80. The fraction of sp³-hybridized carbons (Fsp3) is 0.286. The number of Topliss-reactive ketones (excluding diaryl/α,β-unsaturated/α-hetero) is 1. The molecule has 0 spiro atoms. The maximum atomic E-state index is 14.8. The van der Waals surface area contributed by atoms with Crippen LogP contribution in [-0.2, 0) is 4.79 Å². The lowest BCUT2D eigenvalue weighted by molar-refractivity contribution is -0.136. The molecule has 1 aromatic heterocycles. The van der Waals surface area contributed by atoms with Crippen LogP contribution < -0.4 is 15.4 Å². The van der Waals surface area contributed by atoms with E-state index in [1.165, 1.54) is 11.3 Å². The van der Waals surface area contributed by atoms with Crippen molar-refractivity contribution in [1.82, 2.24) is 15.1 Å². The molecule has 2 N–H and O–H groups in total. The molecule has 2 fully saturated rings. The number of thiophene rings is 1. The summed E-state index contributed by atoms with van der Waals surface area (Å²) in [5.41, 5.74) is 2.77. The number of likely N-dealkylation sites (tertiary alicyclic amines) is 1. The molecule has 2 saturated heterocycles. The predicted octanol–water partition coefficient (Wildman–Crippen LogP) is 6.39. The zero-order chi connectivity index (χ0) is 31.5. The number of nitrogens with one attached hydrogen (secondary N) is 2. The number of carbonyl (C=O) groups is 3. The van der Waals surface area contributed by atoms with Crippen LogP contribution in [0.2, 0.25) is 5.02 Å². The van der Waals surface area contributed by atoms with E-state index in [4.69, 9.17) is 16.3 Å². The molecule has 3 amide bonds. The minimum atomic E-state index is -0.932. The first-order valence-corrected chi connectivity index (χ1v) is 16.2. The number of halogens is 1. The van der Waals surface area contributed by atoms with E-state index in [0.717, 1.165) is 16.0 Å². The lowest BCUT2D eigenvalue weighted by atomic mass is 9.78. The van der Waals surface area contributed by atoms with E-state index in [1.54, 1.807) is 60.5 Å². The second-order valence-electron chi connectivity index (χ2n) is 11.4. The van der Waals surface area contributed by atoms with E-state index >= 15 is 0 Å². The molecule has 2 aliphatic rings. The Labute approximate surface area is 271 Å². The van der Waals surface area contributed by atoms with Gasteiger partial charge in [-0.2, -0.15) is 0 Å². The van der Waals surface area contributed by atoms with E-state index in [0.29, 0.717) is 48.2 Å². The van der Waals surface area contributed by atoms with Gasteiger partial charge in [0.15, 0.2) is 5.78 Å². The van der Waals surface area contributed by atoms with Gasteiger partial charge in [0, 0.05) is 53.2 Å². The molecule has 6 rings (SSSR count). The van der Waals surface area contributed by atoms with Crippen LogP contribution >= 0.6 is 22.9 Å². The highest BCUT2D eigenvalue weighted by Gasteiger charge is 2.58. The Hall–Kier alpha value is -4.18. The molecule has 2 aliphatic heterocycles. The summed E-state index contributed by atoms with van der Waals surface area (Å²) in [6.07, 6.45) is 0. The van der Waals surface area contributed by atoms with Crippen molar-refractivity contribution in [1.29, 1.82) is 0 Å². The third-order valence-electron chi connectivity index (χ3n) is 8.59. The zero-order valence-corrected chi connectivity index (χ0v) is 26.7. The highest BCUT2D eigenvalue weighted by atomic mass is 35.5. The molecule has 3 aromatic carbocycles. The molecule has 232 valence electrons. The number of amides is 3. The number of piperazine rings is 1. The van der Waals surface area contributed by atoms with Crippen LogP contribution in [-0.4, -0.2) is 66.9 Å². The van der Waals surface area contributed by atoms with Crippen LogP contribution in [0.3, 0.4) is 0 Å². The Balaban J connectivity index is 1.54. The first-order valence-electron chi connectivity index (χ1n) is 15.0. The number of nitrogens with zero attached hydrogens (tertiary/aromatic N) is 2. The lowest BCUT2D eigenvalue weighted by Gasteiger charge is -2.36. The number of rotatable bonds is 7. The average Bonchev–Trinajstić information content (AvgIpc) is 3.71. The number of hydrogen-bond acceptors (Lipinski definition) is 6. The zero-order valence-electron chi connectivity index (χ0n) is 25.1. The van der Waals surface area contributed by atoms with Gasteiger partial charge in [-0.25, -0.2) is 4.79 Å². The number of hydrogen-bond donors (Lipinski definition) is 2. The Morgan fingerprint density at radius 1 is 0.956 bits per heavy atom. The van der Waals surface area contributed by atoms with E-state index in [1.807, 2.05) is 53.6 Å². The highest BCUT2D eigenvalue weighted by Crippen LogP contribution is 2.53. The molecule has 0 saturated carbocycles. The fourth-order valence-corrected chi connectivity index (χ4v) is 7.64. The van der Waals surface area contributed by atoms with Crippen LogP contribution in [0.1, 0.15) is 38.3 Å². The molecular formula is C35H35ClN4O4S. The van der Waals surface area contributed by atoms with Crippen molar-refractivity contribution in [2.24, 2.45) is 5.92 Å². The van der Waals surface area contributed by atoms with Gasteiger partial charge in [-0.15, -0.1) is 11.3 Å². The van der Waals surface area contributed by atoms with Crippen molar-refractivity contribution >= 4 is 46.3 Å². The number of urea groups is 1. The minimum Gasteiger partial charge on any atom is -0.497 e. The predicted molar refractivity (Wildman–Crippen MR) is 177 cm³/mol. The molecule has 45 heavy (non-hydrogen) atoms. The van der Waals surface area contributed by atoms with Crippen molar-refractivity contribution in [3.05, 3.63) is 117 Å². The van der Waals surface area contributed by atoms with Gasteiger partial charge in [0.25, 0.3) is 0 Å². The van der Waals surface area contributed by atoms with E-state index in [9.17, 15) is 14.4 Å². The Morgan fingerprint density at radius 3 is 2.38 bits per heavy atom. The first-order chi connectivity index (χ1) is 21.9. The molecule has 4 atom stereocenters. The SMILES string of the molecule is COc1ccc(NC(=O)N2C(C(=O)N3CCNCC3)C(c3cccs3)C(C(=O)c3cccc(Cl)c3)C2c2cccc(C)c2)cc1. The van der Waals surface area contributed by atoms with Crippen molar-refractivity contribution < 1.29 is 19.1 Å². The molecule has 3 heterocycles. The molecular weight excluding hydrogens is 608 g/mol. The normalized spacial score (nSPS) is 21.4. The summed E-state index contributed by atoms with van der Waals surface area (Å²) in [6.45, 7) is 4.33. The second kappa shape index (κ2) is 13.4. The van der Waals surface area contributed by atoms with Crippen molar-refractivity contribution in [3.8, 4) is 5.75 Å². The topological polar surface area (TPSA) is 91.0 Å². The summed E-state index contributed by atoms with van der Waals surface area (Å²) in [7, 11) is 1.58. The molecule has 8 nitrogen and oxygen atoms in total. The Morgan fingerprint density at radius 2 is 1.71 bits per heavy atom. The third kappa shape index (κ3) is 6.33. The number of methoxy groups -OCH3 is 1. The number of ketones is 1. The van der Waals surface area contributed by atoms with Gasteiger partial charge < -0.3 is 25.2 Å². The maximum absolute atomic E-state index is 14.8. The summed E-state index contributed by atoms with van der Waals surface area (Å²) in [6, 6.07) is 23.5. The van der Waals surface area contributed by atoms with Crippen LogP contribution in [0, 0.1) is 12.8 Å². The van der Waals surface area contributed by atoms with Crippen LogP contribution in [0.5, 0.6) is 5.75 Å². The quantitative estimate of drug-likeness (QED) is 0.228. The van der Waals surface area contributed by atoms with E-state index in [-0.39, 0.29) is 11.7 Å². The van der Waals surface area contributed by atoms with E-state index < -0.39 is 30.0 Å².